The normalized spacial score (nSPS) is 12.0. The van der Waals surface area contributed by atoms with Crippen molar-refractivity contribution >= 4 is 18.1 Å². The van der Waals surface area contributed by atoms with Gasteiger partial charge in [-0.25, -0.2) is 0 Å². The van der Waals surface area contributed by atoms with E-state index in [-0.39, 0.29) is 16.2 Å². The molecule has 120 valence electrons. The van der Waals surface area contributed by atoms with Crippen LogP contribution in [0.1, 0.15) is 21.5 Å². The van der Waals surface area contributed by atoms with Crippen LogP contribution in [0.15, 0.2) is 23.0 Å². The monoisotopic (exact) mass is 333 g/mol. The minimum atomic E-state index is -0.288. The second-order valence-corrected chi connectivity index (χ2v) is 5.47. The molecule has 0 aliphatic carbocycles. The summed E-state index contributed by atoms with van der Waals surface area (Å²) in [4.78, 5) is 29.4. The van der Waals surface area contributed by atoms with E-state index in [0.29, 0.717) is 42.3 Å². The standard InChI is InChI=1S/C15H15N3O4S/c1-21-5-4-16-12(19)8-2-3-11-9(6-8)7-10-13(20)17-15(23)18-14(10)22-11/h2-3,6H,4-5,7H2,1H3,(H,16,19)(H2,17,18,20,23). The number of rotatable bonds is 4. The number of aromatic nitrogens is 2. The summed E-state index contributed by atoms with van der Waals surface area (Å²) < 4.78 is 10.8. The maximum Gasteiger partial charge on any atom is 0.259 e. The largest absolute Gasteiger partial charge is 0.440 e. The molecule has 1 aliphatic rings. The third-order valence-corrected chi connectivity index (χ3v) is 3.70. The van der Waals surface area contributed by atoms with Crippen molar-refractivity contribution in [3.63, 3.8) is 0 Å². The van der Waals surface area contributed by atoms with E-state index in [1.807, 2.05) is 0 Å². The Morgan fingerprint density at radius 1 is 1.43 bits per heavy atom. The lowest BCUT2D eigenvalue weighted by Crippen LogP contribution is -2.27. The lowest BCUT2D eigenvalue weighted by atomic mass is 10.0. The molecule has 3 rings (SSSR count). The van der Waals surface area contributed by atoms with Gasteiger partial charge in [-0.05, 0) is 30.4 Å². The van der Waals surface area contributed by atoms with Gasteiger partial charge >= 0.3 is 0 Å². The number of carbonyl (C=O) groups is 1. The van der Waals surface area contributed by atoms with Crippen LogP contribution in [0.3, 0.4) is 0 Å². The summed E-state index contributed by atoms with van der Waals surface area (Å²) in [5.74, 6) is 0.753. The van der Waals surface area contributed by atoms with E-state index in [0.717, 1.165) is 5.56 Å². The molecule has 0 unspecified atom stereocenters. The van der Waals surface area contributed by atoms with Crippen LogP contribution in [0.5, 0.6) is 11.6 Å². The molecule has 8 heteroatoms. The highest BCUT2D eigenvalue weighted by molar-refractivity contribution is 7.71. The van der Waals surface area contributed by atoms with E-state index in [4.69, 9.17) is 21.7 Å². The Balaban J connectivity index is 1.87. The Kier molecular flexibility index (Phi) is 4.26. The molecule has 0 radical (unpaired) electrons. The van der Waals surface area contributed by atoms with Gasteiger partial charge in [-0.15, -0.1) is 0 Å². The number of hydrogen-bond donors (Lipinski definition) is 3. The molecule has 0 saturated carbocycles. The number of hydrogen-bond acceptors (Lipinski definition) is 5. The van der Waals surface area contributed by atoms with Gasteiger partial charge in [0.1, 0.15) is 5.75 Å². The zero-order valence-corrected chi connectivity index (χ0v) is 13.2. The van der Waals surface area contributed by atoms with Gasteiger partial charge in [0.15, 0.2) is 4.77 Å². The van der Waals surface area contributed by atoms with Crippen LogP contribution in [0, 0.1) is 4.77 Å². The Morgan fingerprint density at radius 3 is 3.04 bits per heavy atom. The summed E-state index contributed by atoms with van der Waals surface area (Å²) in [6.07, 6.45) is 0.366. The summed E-state index contributed by atoms with van der Waals surface area (Å²) in [6, 6.07) is 5.11. The van der Waals surface area contributed by atoms with Crippen LogP contribution in [0.4, 0.5) is 0 Å². The average molecular weight is 333 g/mol. The first-order valence-corrected chi connectivity index (χ1v) is 7.42. The molecule has 1 aliphatic heterocycles. The first-order chi connectivity index (χ1) is 11.1. The van der Waals surface area contributed by atoms with E-state index < -0.39 is 0 Å². The fourth-order valence-corrected chi connectivity index (χ4v) is 2.55. The van der Waals surface area contributed by atoms with Crippen LogP contribution in [0.2, 0.25) is 0 Å². The number of H-pyrrole nitrogens is 2. The van der Waals surface area contributed by atoms with Crippen molar-refractivity contribution in [1.82, 2.24) is 15.3 Å². The van der Waals surface area contributed by atoms with E-state index in [2.05, 4.69) is 15.3 Å². The Morgan fingerprint density at radius 2 is 2.26 bits per heavy atom. The lowest BCUT2D eigenvalue weighted by molar-refractivity contribution is 0.0937. The number of ether oxygens (including phenoxy) is 2. The third kappa shape index (κ3) is 3.17. The van der Waals surface area contributed by atoms with Crippen LogP contribution in [-0.4, -0.2) is 36.1 Å². The van der Waals surface area contributed by atoms with Crippen LogP contribution in [0.25, 0.3) is 0 Å². The van der Waals surface area contributed by atoms with Gasteiger partial charge in [0.25, 0.3) is 11.5 Å². The molecule has 2 heterocycles. The maximum absolute atomic E-state index is 12.1. The topological polar surface area (TPSA) is 96.2 Å². The van der Waals surface area contributed by atoms with E-state index in [1.165, 1.54) is 0 Å². The van der Waals surface area contributed by atoms with Crippen molar-refractivity contribution in [2.24, 2.45) is 0 Å². The fourth-order valence-electron chi connectivity index (χ4n) is 2.37. The highest BCUT2D eigenvalue weighted by Crippen LogP contribution is 2.33. The quantitative estimate of drug-likeness (QED) is 0.497. The van der Waals surface area contributed by atoms with Crippen LogP contribution < -0.4 is 15.6 Å². The molecule has 3 N–H and O–H groups in total. The van der Waals surface area contributed by atoms with Gasteiger partial charge in [0.2, 0.25) is 5.88 Å². The molecular weight excluding hydrogens is 318 g/mol. The molecule has 0 spiro atoms. The van der Waals surface area contributed by atoms with Crippen LogP contribution in [-0.2, 0) is 11.2 Å². The molecule has 1 aromatic carbocycles. The minimum absolute atomic E-state index is 0.197. The number of aromatic amines is 2. The molecule has 2 aromatic rings. The van der Waals surface area contributed by atoms with Crippen molar-refractivity contribution in [1.29, 1.82) is 0 Å². The fraction of sp³-hybridized carbons (Fsp3) is 0.267. The summed E-state index contributed by atoms with van der Waals surface area (Å²) >= 11 is 4.93. The second-order valence-electron chi connectivity index (χ2n) is 5.07. The molecule has 0 saturated heterocycles. The minimum Gasteiger partial charge on any atom is -0.440 e. The first-order valence-electron chi connectivity index (χ1n) is 7.02. The van der Waals surface area contributed by atoms with Gasteiger partial charge in [0.05, 0.1) is 12.2 Å². The first kappa shape index (κ1) is 15.4. The Bertz CT molecular complexity index is 872. The lowest BCUT2D eigenvalue weighted by Gasteiger charge is -2.19. The van der Waals surface area contributed by atoms with Gasteiger partial charge < -0.3 is 19.8 Å². The number of nitrogens with one attached hydrogen (secondary N) is 3. The summed E-state index contributed by atoms with van der Waals surface area (Å²) in [5, 5.41) is 2.75. The summed E-state index contributed by atoms with van der Waals surface area (Å²) in [6.45, 7) is 0.879. The smallest absolute Gasteiger partial charge is 0.259 e. The van der Waals surface area contributed by atoms with Gasteiger partial charge in [-0.1, -0.05) is 0 Å². The van der Waals surface area contributed by atoms with Gasteiger partial charge in [0, 0.05) is 31.2 Å². The molecule has 1 aromatic heterocycles. The average Bonchev–Trinajstić information content (AvgIpc) is 2.53. The van der Waals surface area contributed by atoms with Crippen molar-refractivity contribution in [3.8, 4) is 11.6 Å². The Labute approximate surface area is 136 Å². The predicted molar refractivity (Wildman–Crippen MR) is 85.8 cm³/mol. The number of methoxy groups -OCH3 is 1. The molecule has 0 atom stereocenters. The van der Waals surface area contributed by atoms with Crippen molar-refractivity contribution < 1.29 is 14.3 Å². The molecule has 7 nitrogen and oxygen atoms in total. The van der Waals surface area contributed by atoms with Gasteiger partial charge in [-0.2, -0.15) is 0 Å². The highest BCUT2D eigenvalue weighted by Gasteiger charge is 2.21. The molecular formula is C15H15N3O4S. The Hall–Kier alpha value is -2.45. The molecule has 0 fully saturated rings. The van der Waals surface area contributed by atoms with E-state index in [9.17, 15) is 9.59 Å². The number of benzene rings is 1. The third-order valence-electron chi connectivity index (χ3n) is 3.50. The predicted octanol–water partition coefficient (Wildman–Crippen LogP) is 1.51. The highest BCUT2D eigenvalue weighted by atomic mass is 32.1. The van der Waals surface area contributed by atoms with E-state index in [1.54, 1.807) is 25.3 Å². The van der Waals surface area contributed by atoms with Crippen molar-refractivity contribution in [2.45, 2.75) is 6.42 Å². The van der Waals surface area contributed by atoms with Crippen molar-refractivity contribution in [3.05, 3.63) is 50.0 Å². The summed E-state index contributed by atoms with van der Waals surface area (Å²) in [5.41, 5.74) is 1.45. The molecule has 23 heavy (non-hydrogen) atoms. The summed E-state index contributed by atoms with van der Waals surface area (Å²) in [7, 11) is 1.57. The zero-order valence-electron chi connectivity index (χ0n) is 12.4. The number of fused-ring (bicyclic) bond motifs is 2. The molecule has 1 amide bonds. The van der Waals surface area contributed by atoms with Crippen LogP contribution >= 0.6 is 12.2 Å². The van der Waals surface area contributed by atoms with Crippen molar-refractivity contribution in [2.75, 3.05) is 20.3 Å². The SMILES string of the molecule is COCCNC(=O)c1ccc2c(c1)Cc1c([nH]c(=S)[nH]c1=O)O2. The van der Waals surface area contributed by atoms with E-state index >= 15 is 0 Å². The zero-order chi connectivity index (χ0) is 16.4. The van der Waals surface area contributed by atoms with Gasteiger partial charge in [-0.3, -0.25) is 14.6 Å². The number of carbonyl (C=O) groups excluding carboxylic acids is 1. The maximum atomic E-state index is 12.1. The number of amides is 1. The second kappa shape index (κ2) is 6.35. The molecule has 0 bridgehead atoms.